The van der Waals surface area contributed by atoms with E-state index in [0.29, 0.717) is 17.7 Å². The number of carbonyl (C=O) groups excluding carboxylic acids is 2. The highest BCUT2D eigenvalue weighted by atomic mass is 16.6. The molecule has 0 aliphatic rings. The number of nitro benzene ring substituents is 1. The highest BCUT2D eigenvalue weighted by molar-refractivity contribution is 5.91. The minimum absolute atomic E-state index is 0.0747. The van der Waals surface area contributed by atoms with Crippen LogP contribution < -0.4 is 9.47 Å². The highest BCUT2D eigenvalue weighted by Gasteiger charge is 2.11. The van der Waals surface area contributed by atoms with E-state index < -0.39 is 10.9 Å². The second-order valence-corrected chi connectivity index (χ2v) is 10.0. The molecule has 7 heteroatoms. The zero-order chi connectivity index (χ0) is 28.6. The maximum atomic E-state index is 12.4. The Bertz CT molecular complexity index is 1200. The molecule has 0 bridgehead atoms. The molecule has 7 nitrogen and oxygen atoms in total. The lowest BCUT2D eigenvalue weighted by Crippen LogP contribution is -2.08. The fourth-order valence-corrected chi connectivity index (χ4v) is 4.43. The monoisotopic (exact) mass is 545 g/mol. The van der Waals surface area contributed by atoms with Gasteiger partial charge in [-0.3, -0.25) is 14.9 Å². The van der Waals surface area contributed by atoms with Gasteiger partial charge in [-0.05, 0) is 53.9 Å². The summed E-state index contributed by atoms with van der Waals surface area (Å²) in [6.45, 7) is 2.24. The maximum absolute atomic E-state index is 12.4. The molecule has 3 aromatic carbocycles. The van der Waals surface area contributed by atoms with E-state index in [1.165, 1.54) is 82.1 Å². The number of rotatable bonds is 17. The van der Waals surface area contributed by atoms with Crippen molar-refractivity contribution in [1.29, 1.82) is 0 Å². The molecular formula is C33H39NO6. The fourth-order valence-electron chi connectivity index (χ4n) is 4.43. The van der Waals surface area contributed by atoms with E-state index in [4.69, 9.17) is 9.47 Å². The van der Waals surface area contributed by atoms with Crippen molar-refractivity contribution in [1.82, 2.24) is 0 Å². The highest BCUT2D eigenvalue weighted by Crippen LogP contribution is 2.24. The number of hydrogen-bond donors (Lipinski definition) is 0. The molecule has 0 radical (unpaired) electrons. The van der Waals surface area contributed by atoms with E-state index in [2.05, 4.69) is 6.92 Å². The minimum Gasteiger partial charge on any atom is -0.427 e. The number of nitrogens with zero attached hydrogens (tertiary/aromatic N) is 1. The molecule has 0 saturated heterocycles. The molecular weight excluding hydrogens is 506 g/mol. The van der Waals surface area contributed by atoms with Gasteiger partial charge in [0.25, 0.3) is 5.69 Å². The number of hydrogen-bond acceptors (Lipinski definition) is 6. The Labute approximate surface area is 236 Å². The SMILES string of the molecule is CCCCCCCCCCCCCC(=O)Oc1ccc(-c2ccc(C(=O)Oc3ccc([N+](=O)[O-])cc3)cc2)cc1. The number of carbonyl (C=O) groups is 2. The predicted molar refractivity (Wildman–Crippen MR) is 157 cm³/mol. The maximum Gasteiger partial charge on any atom is 0.343 e. The van der Waals surface area contributed by atoms with Gasteiger partial charge in [0, 0.05) is 18.6 Å². The molecule has 0 fully saturated rings. The molecule has 212 valence electrons. The average Bonchev–Trinajstić information content (AvgIpc) is 2.96. The van der Waals surface area contributed by atoms with Crippen molar-refractivity contribution in [2.24, 2.45) is 0 Å². The van der Waals surface area contributed by atoms with Crippen LogP contribution in [0.15, 0.2) is 72.8 Å². The molecule has 0 spiro atoms. The van der Waals surface area contributed by atoms with Gasteiger partial charge in [-0.15, -0.1) is 0 Å². The van der Waals surface area contributed by atoms with Crippen molar-refractivity contribution in [3.05, 3.63) is 88.5 Å². The molecule has 3 rings (SSSR count). The van der Waals surface area contributed by atoms with Crippen LogP contribution in [0.4, 0.5) is 5.69 Å². The van der Waals surface area contributed by atoms with Gasteiger partial charge >= 0.3 is 11.9 Å². The van der Waals surface area contributed by atoms with Crippen LogP contribution in [-0.2, 0) is 4.79 Å². The normalized spacial score (nSPS) is 10.7. The quantitative estimate of drug-likeness (QED) is 0.0552. The van der Waals surface area contributed by atoms with Gasteiger partial charge in [0.15, 0.2) is 0 Å². The molecule has 0 saturated carbocycles. The van der Waals surface area contributed by atoms with Crippen LogP contribution in [0.2, 0.25) is 0 Å². The van der Waals surface area contributed by atoms with Gasteiger partial charge in [-0.1, -0.05) is 95.4 Å². The van der Waals surface area contributed by atoms with E-state index in [-0.39, 0.29) is 17.4 Å². The number of unbranched alkanes of at least 4 members (excludes halogenated alkanes) is 10. The summed E-state index contributed by atoms with van der Waals surface area (Å²) in [6, 6.07) is 19.5. The Hall–Kier alpha value is -4.00. The van der Waals surface area contributed by atoms with Crippen molar-refractivity contribution in [2.45, 2.75) is 84.0 Å². The number of ether oxygens (including phenoxy) is 2. The summed E-state index contributed by atoms with van der Waals surface area (Å²) in [6.07, 6.45) is 14.1. The van der Waals surface area contributed by atoms with Crippen LogP contribution in [0.5, 0.6) is 11.5 Å². The van der Waals surface area contributed by atoms with Crippen LogP contribution in [0.3, 0.4) is 0 Å². The lowest BCUT2D eigenvalue weighted by Gasteiger charge is -2.08. The molecule has 0 aliphatic carbocycles. The van der Waals surface area contributed by atoms with E-state index in [1.807, 2.05) is 12.1 Å². The average molecular weight is 546 g/mol. The summed E-state index contributed by atoms with van der Waals surface area (Å²) >= 11 is 0. The van der Waals surface area contributed by atoms with E-state index in [9.17, 15) is 19.7 Å². The summed E-state index contributed by atoms with van der Waals surface area (Å²) < 4.78 is 10.8. The number of benzene rings is 3. The van der Waals surface area contributed by atoms with Crippen molar-refractivity contribution < 1.29 is 24.0 Å². The summed E-state index contributed by atoms with van der Waals surface area (Å²) in [4.78, 5) is 34.9. The lowest BCUT2D eigenvalue weighted by atomic mass is 10.0. The zero-order valence-electron chi connectivity index (χ0n) is 23.3. The lowest BCUT2D eigenvalue weighted by molar-refractivity contribution is -0.384. The largest absolute Gasteiger partial charge is 0.427 e. The third kappa shape index (κ3) is 10.6. The smallest absolute Gasteiger partial charge is 0.343 e. The molecule has 3 aromatic rings. The standard InChI is InChI=1S/C33H39NO6/c1-2-3-4-5-6-7-8-9-10-11-12-13-32(35)39-30-22-18-27(19-23-30)26-14-16-28(17-15-26)33(36)40-31-24-20-29(21-25-31)34(37)38/h14-25H,2-13H2,1H3. The van der Waals surface area contributed by atoms with Gasteiger partial charge in [0.1, 0.15) is 11.5 Å². The van der Waals surface area contributed by atoms with Crippen molar-refractivity contribution in [3.8, 4) is 22.6 Å². The van der Waals surface area contributed by atoms with Crippen LogP contribution in [0.1, 0.15) is 94.3 Å². The Morgan fingerprint density at radius 1 is 0.625 bits per heavy atom. The minimum atomic E-state index is -0.555. The van der Waals surface area contributed by atoms with Crippen LogP contribution in [-0.4, -0.2) is 16.9 Å². The Morgan fingerprint density at radius 2 is 1.07 bits per heavy atom. The van der Waals surface area contributed by atoms with Crippen LogP contribution in [0.25, 0.3) is 11.1 Å². The van der Waals surface area contributed by atoms with E-state index in [0.717, 1.165) is 24.0 Å². The van der Waals surface area contributed by atoms with Crippen LogP contribution in [0, 0.1) is 10.1 Å². The number of non-ortho nitro benzene ring substituents is 1. The van der Waals surface area contributed by atoms with E-state index >= 15 is 0 Å². The summed E-state index contributed by atoms with van der Waals surface area (Å²) in [5.74, 6) is -0.0199. The first-order chi connectivity index (χ1) is 19.5. The summed E-state index contributed by atoms with van der Waals surface area (Å²) in [5, 5.41) is 10.8. The van der Waals surface area contributed by atoms with Gasteiger partial charge in [0.2, 0.25) is 0 Å². The van der Waals surface area contributed by atoms with Crippen molar-refractivity contribution >= 4 is 17.6 Å². The fraction of sp³-hybridized carbons (Fsp3) is 0.394. The molecule has 0 heterocycles. The molecule has 0 aliphatic heterocycles. The summed E-state index contributed by atoms with van der Waals surface area (Å²) in [7, 11) is 0. The number of nitro groups is 1. The Kier molecular flexibility index (Phi) is 12.9. The first-order valence-corrected chi connectivity index (χ1v) is 14.3. The number of esters is 2. The first-order valence-electron chi connectivity index (χ1n) is 14.3. The molecule has 0 atom stereocenters. The van der Waals surface area contributed by atoms with Crippen LogP contribution >= 0.6 is 0 Å². The second kappa shape index (κ2) is 16.9. The molecule has 0 unspecified atom stereocenters. The molecule has 40 heavy (non-hydrogen) atoms. The molecule has 0 N–H and O–H groups in total. The van der Waals surface area contributed by atoms with Gasteiger partial charge in [-0.2, -0.15) is 0 Å². The Morgan fingerprint density at radius 3 is 1.60 bits per heavy atom. The summed E-state index contributed by atoms with van der Waals surface area (Å²) in [5.41, 5.74) is 2.09. The third-order valence-electron chi connectivity index (χ3n) is 6.78. The van der Waals surface area contributed by atoms with Gasteiger partial charge < -0.3 is 9.47 Å². The van der Waals surface area contributed by atoms with E-state index in [1.54, 1.807) is 36.4 Å². The van der Waals surface area contributed by atoms with Crippen molar-refractivity contribution in [2.75, 3.05) is 0 Å². The second-order valence-electron chi connectivity index (χ2n) is 10.0. The molecule has 0 aromatic heterocycles. The topological polar surface area (TPSA) is 95.7 Å². The zero-order valence-corrected chi connectivity index (χ0v) is 23.3. The van der Waals surface area contributed by atoms with Gasteiger partial charge in [-0.25, -0.2) is 4.79 Å². The Balaban J connectivity index is 1.36. The molecule has 0 amide bonds. The van der Waals surface area contributed by atoms with Crippen molar-refractivity contribution in [3.63, 3.8) is 0 Å². The first kappa shape index (κ1) is 30.5. The predicted octanol–water partition coefficient (Wildman–Crippen LogP) is 9.09. The van der Waals surface area contributed by atoms with Gasteiger partial charge in [0.05, 0.1) is 10.5 Å². The third-order valence-corrected chi connectivity index (χ3v) is 6.78.